The average Bonchev–Trinajstić information content (AvgIpc) is 3.28. The smallest absolute Gasteiger partial charge is 0.329 e. The molecule has 1 aromatic heterocycles. The fourth-order valence-corrected chi connectivity index (χ4v) is 3.77. The van der Waals surface area contributed by atoms with Crippen LogP contribution in [0.15, 0.2) is 64.1 Å². The molecule has 196 valence electrons. The van der Waals surface area contributed by atoms with Crippen LogP contribution in [0.2, 0.25) is 0 Å². The highest BCUT2D eigenvalue weighted by molar-refractivity contribution is 6.39. The largest absolute Gasteiger partial charge is 0.497 e. The molecule has 0 unspecified atom stereocenters. The second-order valence-corrected chi connectivity index (χ2v) is 8.18. The predicted octanol–water partition coefficient (Wildman–Crippen LogP) is 4.07. The van der Waals surface area contributed by atoms with Gasteiger partial charge in [-0.25, -0.2) is 5.43 Å². The second-order valence-electron chi connectivity index (χ2n) is 8.18. The fourth-order valence-electron chi connectivity index (χ4n) is 3.77. The topological polar surface area (TPSA) is 140 Å². The number of carbonyl (C=O) groups excluding carboxylic acids is 3. The molecule has 3 N–H and O–H groups in total. The first-order chi connectivity index (χ1) is 18.3. The highest BCUT2D eigenvalue weighted by Gasteiger charge is 2.17. The van der Waals surface area contributed by atoms with Crippen LogP contribution in [0.4, 0.5) is 11.4 Å². The third-order valence-electron chi connectivity index (χ3n) is 5.60. The molecule has 0 aliphatic carbocycles. The van der Waals surface area contributed by atoms with Crippen molar-refractivity contribution >= 4 is 56.7 Å². The van der Waals surface area contributed by atoms with Gasteiger partial charge in [0.05, 0.1) is 39.1 Å². The van der Waals surface area contributed by atoms with Crippen LogP contribution in [0.3, 0.4) is 0 Å². The third-order valence-corrected chi connectivity index (χ3v) is 5.60. The van der Waals surface area contributed by atoms with Crippen molar-refractivity contribution in [3.05, 3.63) is 54.6 Å². The molecule has 4 aromatic rings. The zero-order valence-electron chi connectivity index (χ0n) is 21.2. The van der Waals surface area contributed by atoms with Crippen molar-refractivity contribution in [1.29, 1.82) is 0 Å². The molecule has 3 aromatic carbocycles. The lowest BCUT2D eigenvalue weighted by atomic mass is 10.1. The van der Waals surface area contributed by atoms with Crippen molar-refractivity contribution < 1.29 is 33.0 Å². The first-order valence-corrected chi connectivity index (χ1v) is 11.5. The van der Waals surface area contributed by atoms with Gasteiger partial charge in [-0.15, -0.1) is 0 Å². The van der Waals surface area contributed by atoms with Gasteiger partial charge in [0.2, 0.25) is 5.91 Å². The Morgan fingerprint density at radius 3 is 2.26 bits per heavy atom. The van der Waals surface area contributed by atoms with Crippen molar-refractivity contribution in [2.24, 2.45) is 5.10 Å². The molecule has 0 saturated heterocycles. The summed E-state index contributed by atoms with van der Waals surface area (Å²) in [4.78, 5) is 37.2. The third kappa shape index (κ3) is 5.67. The van der Waals surface area contributed by atoms with Gasteiger partial charge in [0, 0.05) is 28.6 Å². The quantitative estimate of drug-likeness (QED) is 0.181. The Hall–Kier alpha value is -5.06. The monoisotopic (exact) mass is 518 g/mol. The van der Waals surface area contributed by atoms with E-state index in [2.05, 4.69) is 21.2 Å². The van der Waals surface area contributed by atoms with E-state index in [9.17, 15) is 14.4 Å². The van der Waals surface area contributed by atoms with Gasteiger partial charge in [-0.1, -0.05) is 18.2 Å². The maximum absolute atomic E-state index is 12.7. The number of fused-ring (bicyclic) bond motifs is 3. The lowest BCUT2D eigenvalue weighted by molar-refractivity contribution is -0.136. The Morgan fingerprint density at radius 1 is 0.789 bits per heavy atom. The number of nitrogens with zero attached hydrogens (tertiary/aromatic N) is 1. The molecule has 4 rings (SSSR count). The zero-order chi connectivity index (χ0) is 27.2. The van der Waals surface area contributed by atoms with E-state index < -0.39 is 17.7 Å². The molecule has 0 fully saturated rings. The normalized spacial score (nSPS) is 11.2. The number of methoxy groups -OCH3 is 3. The second kappa shape index (κ2) is 11.3. The van der Waals surface area contributed by atoms with Gasteiger partial charge in [-0.2, -0.15) is 5.10 Å². The fraction of sp³-hybridized carbons (Fsp3) is 0.185. The molecule has 0 atom stereocenters. The van der Waals surface area contributed by atoms with Gasteiger partial charge in [-0.3, -0.25) is 14.4 Å². The van der Waals surface area contributed by atoms with Crippen molar-refractivity contribution in [3.63, 3.8) is 0 Å². The Kier molecular flexibility index (Phi) is 7.76. The maximum atomic E-state index is 12.7. The summed E-state index contributed by atoms with van der Waals surface area (Å²) in [5.74, 6) is -1.12. The Morgan fingerprint density at radius 2 is 1.53 bits per heavy atom. The number of furan rings is 1. The zero-order valence-corrected chi connectivity index (χ0v) is 21.2. The van der Waals surface area contributed by atoms with Gasteiger partial charge in [0.25, 0.3) is 0 Å². The van der Waals surface area contributed by atoms with Crippen LogP contribution in [-0.2, 0) is 14.4 Å². The molecular formula is C27H26N4O7. The van der Waals surface area contributed by atoms with E-state index in [1.165, 1.54) is 27.4 Å². The molecule has 0 spiro atoms. The van der Waals surface area contributed by atoms with E-state index in [1.54, 1.807) is 31.2 Å². The lowest BCUT2D eigenvalue weighted by Crippen LogP contribution is -2.33. The lowest BCUT2D eigenvalue weighted by Gasteiger charge is -2.11. The Balaban J connectivity index is 1.38. The number of benzene rings is 3. The molecule has 0 aliphatic heterocycles. The first kappa shape index (κ1) is 26.0. The van der Waals surface area contributed by atoms with Crippen LogP contribution in [0.5, 0.6) is 17.2 Å². The number of ether oxygens (including phenoxy) is 3. The molecule has 0 bridgehead atoms. The summed E-state index contributed by atoms with van der Waals surface area (Å²) in [6.45, 7) is 1.54. The van der Waals surface area contributed by atoms with Crippen LogP contribution < -0.4 is 30.3 Å². The summed E-state index contributed by atoms with van der Waals surface area (Å²) in [7, 11) is 4.41. The van der Waals surface area contributed by atoms with Crippen LogP contribution in [0, 0.1) is 0 Å². The molecule has 38 heavy (non-hydrogen) atoms. The SMILES string of the molecule is COc1ccc(OC)c(NC(=O)C(=O)NN=C(C)CC(=O)Nc2cc3oc4ccccc4c3cc2OC)c1. The number of rotatable bonds is 8. The van der Waals surface area contributed by atoms with Crippen LogP contribution in [-0.4, -0.2) is 44.8 Å². The van der Waals surface area contributed by atoms with Gasteiger partial charge >= 0.3 is 11.8 Å². The molecule has 0 saturated carbocycles. The van der Waals surface area contributed by atoms with Gasteiger partial charge < -0.3 is 29.3 Å². The Bertz CT molecular complexity index is 1560. The Labute approximate surface area is 217 Å². The van der Waals surface area contributed by atoms with Crippen molar-refractivity contribution in [2.45, 2.75) is 13.3 Å². The average molecular weight is 519 g/mol. The predicted molar refractivity (Wildman–Crippen MR) is 143 cm³/mol. The van der Waals surface area contributed by atoms with E-state index in [0.29, 0.717) is 28.5 Å². The number of carbonyl (C=O) groups is 3. The van der Waals surface area contributed by atoms with E-state index in [4.69, 9.17) is 18.6 Å². The molecular weight excluding hydrogens is 492 g/mol. The van der Waals surface area contributed by atoms with E-state index in [1.807, 2.05) is 24.3 Å². The maximum Gasteiger partial charge on any atom is 0.329 e. The molecule has 11 nitrogen and oxygen atoms in total. The number of hydrazone groups is 1. The number of para-hydroxylation sites is 1. The van der Waals surface area contributed by atoms with E-state index >= 15 is 0 Å². The summed E-state index contributed by atoms with van der Waals surface area (Å²) in [5.41, 5.74) is 4.41. The van der Waals surface area contributed by atoms with Crippen molar-refractivity contribution in [1.82, 2.24) is 5.43 Å². The van der Waals surface area contributed by atoms with Crippen molar-refractivity contribution in [2.75, 3.05) is 32.0 Å². The van der Waals surface area contributed by atoms with Crippen LogP contribution in [0.25, 0.3) is 21.9 Å². The van der Waals surface area contributed by atoms with E-state index in [-0.39, 0.29) is 17.8 Å². The van der Waals surface area contributed by atoms with Crippen LogP contribution >= 0.6 is 0 Å². The summed E-state index contributed by atoms with van der Waals surface area (Å²) in [5, 5.41) is 10.9. The number of amides is 3. The van der Waals surface area contributed by atoms with E-state index in [0.717, 1.165) is 16.4 Å². The number of nitrogens with one attached hydrogen (secondary N) is 3. The summed E-state index contributed by atoms with van der Waals surface area (Å²) >= 11 is 0. The molecule has 11 heteroatoms. The van der Waals surface area contributed by atoms with Gasteiger partial charge in [0.1, 0.15) is 28.4 Å². The summed E-state index contributed by atoms with van der Waals surface area (Å²) in [6.07, 6.45) is -0.146. The van der Waals surface area contributed by atoms with Crippen molar-refractivity contribution in [3.8, 4) is 17.2 Å². The molecule has 1 heterocycles. The first-order valence-electron chi connectivity index (χ1n) is 11.5. The highest BCUT2D eigenvalue weighted by Crippen LogP contribution is 2.36. The molecule has 0 aliphatic rings. The number of hydrogen-bond acceptors (Lipinski definition) is 8. The number of anilines is 2. The minimum absolute atomic E-state index is 0.146. The standard InChI is InChI=1S/C27H26N4O7/c1-15(30-31-27(34)26(33)29-19-12-16(35-2)9-10-22(19)36-3)11-25(32)28-20-14-23-18(13-24(20)37-4)17-7-5-6-8-21(17)38-23/h5-10,12-14H,11H2,1-4H3,(H,28,32)(H,29,33)(H,31,34). The summed E-state index contributed by atoms with van der Waals surface area (Å²) < 4.78 is 21.6. The molecule has 3 amide bonds. The minimum Gasteiger partial charge on any atom is -0.497 e. The molecule has 0 radical (unpaired) electrons. The van der Waals surface area contributed by atoms with Gasteiger partial charge in [-0.05, 0) is 31.2 Å². The minimum atomic E-state index is -1.02. The van der Waals surface area contributed by atoms with Gasteiger partial charge in [0.15, 0.2) is 0 Å². The highest BCUT2D eigenvalue weighted by atomic mass is 16.5. The van der Waals surface area contributed by atoms with Crippen LogP contribution in [0.1, 0.15) is 13.3 Å². The number of hydrogen-bond donors (Lipinski definition) is 3. The summed E-state index contributed by atoms with van der Waals surface area (Å²) in [6, 6.07) is 15.9.